The summed E-state index contributed by atoms with van der Waals surface area (Å²) in [5.74, 6) is -1.40. The summed E-state index contributed by atoms with van der Waals surface area (Å²) in [6.45, 7) is 3.41. The standard InChI is InChI=1S/C23H15NO6/c1-2-21(27)24-12-3-6-15(23(28)29)18(9-12)22-16-7-4-13(25)10-19(16)30-20-11-14(26)5-8-17(20)22/h2-11,25H,1H2,(H,24,27)(H,28,29). The Morgan fingerprint density at radius 2 is 1.80 bits per heavy atom. The van der Waals surface area contributed by atoms with Gasteiger partial charge in [-0.15, -0.1) is 0 Å². The van der Waals surface area contributed by atoms with Crippen LogP contribution in [0.5, 0.6) is 5.75 Å². The van der Waals surface area contributed by atoms with Crippen molar-refractivity contribution in [1.82, 2.24) is 0 Å². The predicted octanol–water partition coefficient (Wildman–Crippen LogP) is 4.09. The molecule has 0 saturated heterocycles. The van der Waals surface area contributed by atoms with Crippen molar-refractivity contribution >= 4 is 28.5 Å². The summed E-state index contributed by atoms with van der Waals surface area (Å²) in [6, 6.07) is 13.1. The first-order valence-electron chi connectivity index (χ1n) is 8.88. The summed E-state index contributed by atoms with van der Waals surface area (Å²) in [7, 11) is 0. The molecule has 30 heavy (non-hydrogen) atoms. The molecule has 2 aliphatic rings. The maximum Gasteiger partial charge on any atom is 0.336 e. The Kier molecular flexibility index (Phi) is 4.56. The molecule has 2 aromatic carbocycles. The van der Waals surface area contributed by atoms with E-state index in [2.05, 4.69) is 11.9 Å². The Hall–Kier alpha value is -4.39. The molecule has 1 aliphatic carbocycles. The quantitative estimate of drug-likeness (QED) is 0.350. The number of phenols is 1. The van der Waals surface area contributed by atoms with Gasteiger partial charge in [-0.05, 0) is 54.1 Å². The van der Waals surface area contributed by atoms with Gasteiger partial charge in [0.2, 0.25) is 5.91 Å². The van der Waals surface area contributed by atoms with Crippen LogP contribution in [0, 0.1) is 0 Å². The normalized spacial score (nSPS) is 10.8. The zero-order chi connectivity index (χ0) is 21.4. The minimum atomic E-state index is -1.16. The van der Waals surface area contributed by atoms with Crippen LogP contribution in [-0.2, 0) is 4.79 Å². The number of carboxylic acids is 1. The highest BCUT2D eigenvalue weighted by Crippen LogP contribution is 2.42. The third-order valence-electron chi connectivity index (χ3n) is 4.65. The molecule has 2 aromatic rings. The summed E-state index contributed by atoms with van der Waals surface area (Å²) >= 11 is 0. The van der Waals surface area contributed by atoms with Gasteiger partial charge in [0, 0.05) is 34.3 Å². The molecule has 0 fully saturated rings. The monoisotopic (exact) mass is 401 g/mol. The van der Waals surface area contributed by atoms with Crippen molar-refractivity contribution in [2.75, 3.05) is 5.32 Å². The highest BCUT2D eigenvalue weighted by molar-refractivity contribution is 6.09. The molecule has 0 radical (unpaired) electrons. The third-order valence-corrected chi connectivity index (χ3v) is 4.65. The van der Waals surface area contributed by atoms with E-state index in [0.717, 1.165) is 6.08 Å². The number of carbonyl (C=O) groups is 2. The van der Waals surface area contributed by atoms with Gasteiger partial charge in [0.1, 0.15) is 17.1 Å². The van der Waals surface area contributed by atoms with Crippen LogP contribution in [0.2, 0.25) is 0 Å². The fourth-order valence-corrected chi connectivity index (χ4v) is 3.36. The summed E-state index contributed by atoms with van der Waals surface area (Å²) in [5.41, 5.74) is 1.71. The van der Waals surface area contributed by atoms with Crippen LogP contribution in [0.25, 0.3) is 33.4 Å². The van der Waals surface area contributed by atoms with Gasteiger partial charge in [0.05, 0.1) is 5.56 Å². The van der Waals surface area contributed by atoms with Crippen LogP contribution < -0.4 is 10.7 Å². The lowest BCUT2D eigenvalue weighted by atomic mass is 9.90. The molecule has 1 heterocycles. The molecule has 0 saturated carbocycles. The molecule has 0 spiro atoms. The van der Waals surface area contributed by atoms with Gasteiger partial charge in [-0.1, -0.05) is 6.58 Å². The fraction of sp³-hybridized carbons (Fsp3) is 0. The number of aromatic carboxylic acids is 1. The number of carboxylic acid groups (broad SMARTS) is 1. The van der Waals surface area contributed by atoms with E-state index in [-0.39, 0.29) is 28.1 Å². The first kappa shape index (κ1) is 18.9. The van der Waals surface area contributed by atoms with E-state index >= 15 is 0 Å². The number of nitrogens with one attached hydrogen (secondary N) is 1. The largest absolute Gasteiger partial charge is 0.508 e. The van der Waals surface area contributed by atoms with Crippen LogP contribution in [0.1, 0.15) is 10.4 Å². The van der Waals surface area contributed by atoms with Crippen LogP contribution in [0.15, 0.2) is 76.5 Å². The number of aromatic hydroxyl groups is 1. The number of fused-ring (bicyclic) bond motifs is 2. The SMILES string of the molecule is C=CC(=O)Nc1ccc(C(=O)O)c(-c2c3ccc(=O)cc-3oc3cc(O)ccc23)c1. The van der Waals surface area contributed by atoms with Crippen LogP contribution in [0.4, 0.5) is 5.69 Å². The van der Waals surface area contributed by atoms with Crippen molar-refractivity contribution in [3.63, 3.8) is 0 Å². The topological polar surface area (TPSA) is 117 Å². The number of amides is 1. The fourth-order valence-electron chi connectivity index (χ4n) is 3.36. The second-order valence-corrected chi connectivity index (χ2v) is 6.57. The zero-order valence-corrected chi connectivity index (χ0v) is 15.5. The Balaban J connectivity index is 2.12. The third kappa shape index (κ3) is 3.29. The minimum Gasteiger partial charge on any atom is -0.508 e. The molecule has 3 N–H and O–H groups in total. The lowest BCUT2D eigenvalue weighted by molar-refractivity contribution is -0.111. The minimum absolute atomic E-state index is 0.000299. The summed E-state index contributed by atoms with van der Waals surface area (Å²) in [4.78, 5) is 35.5. The van der Waals surface area contributed by atoms with Crippen molar-refractivity contribution in [2.45, 2.75) is 0 Å². The maximum absolute atomic E-state index is 11.9. The Morgan fingerprint density at radius 3 is 2.53 bits per heavy atom. The maximum atomic E-state index is 11.9. The molecule has 0 atom stereocenters. The molecular weight excluding hydrogens is 386 g/mol. The predicted molar refractivity (Wildman–Crippen MR) is 112 cm³/mol. The van der Waals surface area contributed by atoms with Gasteiger partial charge in [-0.2, -0.15) is 0 Å². The second kappa shape index (κ2) is 7.21. The van der Waals surface area contributed by atoms with E-state index in [1.54, 1.807) is 12.1 Å². The van der Waals surface area contributed by atoms with E-state index < -0.39 is 11.9 Å². The number of hydrogen-bond donors (Lipinski definition) is 3. The molecule has 1 amide bonds. The summed E-state index contributed by atoms with van der Waals surface area (Å²) in [5, 5.41) is 22.8. The molecule has 7 heteroatoms. The number of carbonyl (C=O) groups excluding carboxylic acids is 1. The smallest absolute Gasteiger partial charge is 0.336 e. The van der Waals surface area contributed by atoms with Crippen molar-refractivity contribution in [3.8, 4) is 28.2 Å². The average molecular weight is 401 g/mol. The second-order valence-electron chi connectivity index (χ2n) is 6.57. The van der Waals surface area contributed by atoms with Crippen LogP contribution in [-0.4, -0.2) is 22.1 Å². The van der Waals surface area contributed by atoms with Gasteiger partial charge in [0.15, 0.2) is 5.43 Å². The number of anilines is 1. The Morgan fingerprint density at radius 1 is 1.00 bits per heavy atom. The molecule has 0 bridgehead atoms. The van der Waals surface area contributed by atoms with E-state index in [9.17, 15) is 24.6 Å². The molecule has 0 aromatic heterocycles. The lowest BCUT2D eigenvalue weighted by Crippen LogP contribution is -2.09. The molecule has 0 unspecified atom stereocenters. The van der Waals surface area contributed by atoms with E-state index in [1.165, 1.54) is 42.5 Å². The van der Waals surface area contributed by atoms with Crippen molar-refractivity contribution in [2.24, 2.45) is 0 Å². The van der Waals surface area contributed by atoms with E-state index in [4.69, 9.17) is 4.42 Å². The highest BCUT2D eigenvalue weighted by atomic mass is 16.4. The average Bonchev–Trinajstić information content (AvgIpc) is 2.71. The number of rotatable bonds is 4. The van der Waals surface area contributed by atoms with Crippen molar-refractivity contribution in [1.29, 1.82) is 0 Å². The van der Waals surface area contributed by atoms with E-state index in [0.29, 0.717) is 27.8 Å². The summed E-state index contributed by atoms with van der Waals surface area (Å²) in [6.07, 6.45) is 1.11. The van der Waals surface area contributed by atoms with Gasteiger partial charge in [-0.25, -0.2) is 4.79 Å². The lowest BCUT2D eigenvalue weighted by Gasteiger charge is -2.17. The highest BCUT2D eigenvalue weighted by Gasteiger charge is 2.22. The van der Waals surface area contributed by atoms with Gasteiger partial charge in [0.25, 0.3) is 0 Å². The first-order valence-corrected chi connectivity index (χ1v) is 8.88. The van der Waals surface area contributed by atoms with Gasteiger partial charge < -0.3 is 19.9 Å². The number of benzene rings is 3. The van der Waals surface area contributed by atoms with Crippen LogP contribution >= 0.6 is 0 Å². The molecule has 4 rings (SSSR count). The summed E-state index contributed by atoms with van der Waals surface area (Å²) < 4.78 is 5.79. The number of phenolic OH excluding ortho intramolecular Hbond substituents is 1. The van der Waals surface area contributed by atoms with Gasteiger partial charge >= 0.3 is 5.97 Å². The number of hydrogen-bond acceptors (Lipinski definition) is 5. The Labute approximate surface area is 169 Å². The molecular formula is C23H15NO6. The first-order chi connectivity index (χ1) is 14.4. The molecule has 7 nitrogen and oxygen atoms in total. The van der Waals surface area contributed by atoms with Gasteiger partial charge in [-0.3, -0.25) is 9.59 Å². The van der Waals surface area contributed by atoms with E-state index in [1.807, 2.05) is 0 Å². The van der Waals surface area contributed by atoms with Crippen molar-refractivity contribution in [3.05, 3.63) is 83.0 Å². The van der Waals surface area contributed by atoms with Crippen molar-refractivity contribution < 1.29 is 24.2 Å². The Bertz CT molecular complexity index is 1370. The zero-order valence-electron chi connectivity index (χ0n) is 15.5. The van der Waals surface area contributed by atoms with Crippen LogP contribution in [0.3, 0.4) is 0 Å². The molecule has 1 aliphatic heterocycles. The molecule has 148 valence electrons.